The molecule has 1 aromatic rings. The fourth-order valence-electron chi connectivity index (χ4n) is 2.02. The number of aliphatic carboxylic acids is 1. The van der Waals surface area contributed by atoms with Gasteiger partial charge in [-0.05, 0) is 25.0 Å². The van der Waals surface area contributed by atoms with Crippen molar-refractivity contribution in [3.8, 4) is 11.5 Å². The summed E-state index contributed by atoms with van der Waals surface area (Å²) in [6, 6.07) is 4.14. The molecule has 0 atom stereocenters. The highest BCUT2D eigenvalue weighted by atomic mass is 32.2. The predicted molar refractivity (Wildman–Crippen MR) is 74.1 cm³/mol. The van der Waals surface area contributed by atoms with E-state index in [4.69, 9.17) is 14.6 Å². The standard InChI is InChI=1S/C13H17NO6S/c1-19-10-5-6-11(20-2)12(7-10)21(17,18)14(8-13(15)16)9-3-4-9/h5-7,9H,3-4,8H2,1-2H3,(H,15,16). The maximum absolute atomic E-state index is 12.7. The quantitative estimate of drug-likeness (QED) is 0.805. The zero-order valence-electron chi connectivity index (χ0n) is 11.8. The Labute approximate surface area is 123 Å². The van der Waals surface area contributed by atoms with Gasteiger partial charge in [0, 0.05) is 12.1 Å². The van der Waals surface area contributed by atoms with Crippen LogP contribution < -0.4 is 9.47 Å². The van der Waals surface area contributed by atoms with Crippen molar-refractivity contribution in [2.75, 3.05) is 20.8 Å². The molecule has 7 nitrogen and oxygen atoms in total. The van der Waals surface area contributed by atoms with Crippen LogP contribution in [0.4, 0.5) is 0 Å². The van der Waals surface area contributed by atoms with E-state index in [1.807, 2.05) is 0 Å². The second-order valence-electron chi connectivity index (χ2n) is 4.69. The third-order valence-electron chi connectivity index (χ3n) is 3.20. The van der Waals surface area contributed by atoms with Crippen molar-refractivity contribution in [1.82, 2.24) is 4.31 Å². The van der Waals surface area contributed by atoms with E-state index in [2.05, 4.69) is 0 Å². The molecule has 1 aromatic carbocycles. The molecule has 0 heterocycles. The molecular weight excluding hydrogens is 298 g/mol. The molecule has 1 N–H and O–H groups in total. The minimum absolute atomic E-state index is 0.0856. The van der Waals surface area contributed by atoms with Crippen molar-refractivity contribution < 1.29 is 27.8 Å². The smallest absolute Gasteiger partial charge is 0.318 e. The summed E-state index contributed by atoms with van der Waals surface area (Å²) < 4.78 is 36.6. The SMILES string of the molecule is COc1ccc(OC)c(S(=O)(=O)N(CC(=O)O)C2CC2)c1. The van der Waals surface area contributed by atoms with E-state index in [-0.39, 0.29) is 16.7 Å². The van der Waals surface area contributed by atoms with Crippen LogP contribution >= 0.6 is 0 Å². The van der Waals surface area contributed by atoms with E-state index < -0.39 is 22.5 Å². The van der Waals surface area contributed by atoms with E-state index in [1.165, 1.54) is 26.4 Å². The number of carbonyl (C=O) groups is 1. The lowest BCUT2D eigenvalue weighted by Crippen LogP contribution is -2.37. The van der Waals surface area contributed by atoms with Crippen molar-refractivity contribution in [1.29, 1.82) is 0 Å². The maximum atomic E-state index is 12.7. The number of methoxy groups -OCH3 is 2. The van der Waals surface area contributed by atoms with Gasteiger partial charge in [-0.2, -0.15) is 4.31 Å². The van der Waals surface area contributed by atoms with Crippen LogP contribution in [0.25, 0.3) is 0 Å². The summed E-state index contributed by atoms with van der Waals surface area (Å²) in [7, 11) is -1.18. The largest absolute Gasteiger partial charge is 0.497 e. The average molecular weight is 315 g/mol. The molecule has 0 saturated heterocycles. The number of carboxylic acids is 1. The van der Waals surface area contributed by atoms with Gasteiger partial charge >= 0.3 is 5.97 Å². The number of hydrogen-bond acceptors (Lipinski definition) is 5. The highest BCUT2D eigenvalue weighted by Crippen LogP contribution is 2.36. The summed E-state index contributed by atoms with van der Waals surface area (Å²) in [6.07, 6.45) is 1.33. The Morgan fingerprint density at radius 3 is 2.48 bits per heavy atom. The minimum atomic E-state index is -3.96. The monoisotopic (exact) mass is 315 g/mol. The van der Waals surface area contributed by atoms with E-state index >= 15 is 0 Å². The molecule has 1 aliphatic carbocycles. The van der Waals surface area contributed by atoms with Gasteiger partial charge in [-0.25, -0.2) is 8.42 Å². The topological polar surface area (TPSA) is 93.1 Å². The number of hydrogen-bond donors (Lipinski definition) is 1. The van der Waals surface area contributed by atoms with Gasteiger partial charge in [0.25, 0.3) is 0 Å². The van der Waals surface area contributed by atoms with Gasteiger partial charge in [-0.1, -0.05) is 0 Å². The molecule has 21 heavy (non-hydrogen) atoms. The van der Waals surface area contributed by atoms with Crippen LogP contribution in [0, 0.1) is 0 Å². The predicted octanol–water partition coefficient (Wildman–Crippen LogP) is 0.941. The Kier molecular flexibility index (Phi) is 4.38. The molecule has 116 valence electrons. The van der Waals surface area contributed by atoms with Crippen molar-refractivity contribution in [3.63, 3.8) is 0 Å². The van der Waals surface area contributed by atoms with Crippen LogP contribution in [0.1, 0.15) is 12.8 Å². The van der Waals surface area contributed by atoms with E-state index in [0.29, 0.717) is 18.6 Å². The second kappa shape index (κ2) is 5.90. The highest BCUT2D eigenvalue weighted by molar-refractivity contribution is 7.89. The van der Waals surface area contributed by atoms with Gasteiger partial charge in [-0.3, -0.25) is 4.79 Å². The molecule has 0 amide bonds. The number of benzene rings is 1. The molecule has 8 heteroatoms. The van der Waals surface area contributed by atoms with Crippen LogP contribution in [0.5, 0.6) is 11.5 Å². The first kappa shape index (κ1) is 15.6. The molecule has 0 aromatic heterocycles. The maximum Gasteiger partial charge on any atom is 0.318 e. The molecule has 0 spiro atoms. The fourth-order valence-corrected chi connectivity index (χ4v) is 3.83. The van der Waals surface area contributed by atoms with Crippen LogP contribution in [0.15, 0.2) is 23.1 Å². The number of ether oxygens (including phenoxy) is 2. The molecule has 2 rings (SSSR count). The average Bonchev–Trinajstić information content (AvgIpc) is 3.28. The molecule has 0 bridgehead atoms. The lowest BCUT2D eigenvalue weighted by molar-refractivity contribution is -0.137. The number of sulfonamides is 1. The number of rotatable bonds is 7. The number of carboxylic acid groups (broad SMARTS) is 1. The van der Waals surface area contributed by atoms with Gasteiger partial charge in [0.05, 0.1) is 14.2 Å². The third kappa shape index (κ3) is 3.27. The minimum Gasteiger partial charge on any atom is -0.497 e. The summed E-state index contributed by atoms with van der Waals surface area (Å²) in [5, 5.41) is 8.94. The summed E-state index contributed by atoms with van der Waals surface area (Å²) in [5.41, 5.74) is 0. The summed E-state index contributed by atoms with van der Waals surface area (Å²) in [5.74, 6) is -0.667. The van der Waals surface area contributed by atoms with Gasteiger partial charge in [0.15, 0.2) is 0 Å². The molecule has 0 unspecified atom stereocenters. The van der Waals surface area contributed by atoms with Gasteiger partial charge in [-0.15, -0.1) is 0 Å². The molecular formula is C13H17NO6S. The zero-order valence-corrected chi connectivity index (χ0v) is 12.6. The Morgan fingerprint density at radius 1 is 1.33 bits per heavy atom. The van der Waals surface area contributed by atoms with Crippen LogP contribution in [-0.4, -0.2) is 50.6 Å². The lowest BCUT2D eigenvalue weighted by Gasteiger charge is -2.21. The van der Waals surface area contributed by atoms with E-state index in [1.54, 1.807) is 6.07 Å². The van der Waals surface area contributed by atoms with Crippen molar-refractivity contribution in [2.24, 2.45) is 0 Å². The Hall–Kier alpha value is -1.80. The molecule has 1 saturated carbocycles. The fraction of sp³-hybridized carbons (Fsp3) is 0.462. The first-order valence-corrected chi connectivity index (χ1v) is 7.80. The first-order valence-electron chi connectivity index (χ1n) is 6.36. The summed E-state index contributed by atoms with van der Waals surface area (Å²) in [4.78, 5) is 10.8. The van der Waals surface area contributed by atoms with Gasteiger partial charge < -0.3 is 14.6 Å². The summed E-state index contributed by atoms with van der Waals surface area (Å²) >= 11 is 0. The van der Waals surface area contributed by atoms with Gasteiger partial charge in [0.2, 0.25) is 10.0 Å². The van der Waals surface area contributed by atoms with Crippen molar-refractivity contribution >= 4 is 16.0 Å². The second-order valence-corrected chi connectivity index (χ2v) is 6.55. The van der Waals surface area contributed by atoms with Crippen LogP contribution in [0.3, 0.4) is 0 Å². The third-order valence-corrected chi connectivity index (χ3v) is 5.12. The first-order chi connectivity index (χ1) is 9.90. The van der Waals surface area contributed by atoms with Gasteiger partial charge in [0.1, 0.15) is 22.9 Å². The molecule has 0 aliphatic heterocycles. The lowest BCUT2D eigenvalue weighted by atomic mass is 10.3. The van der Waals surface area contributed by atoms with Crippen LogP contribution in [-0.2, 0) is 14.8 Å². The Bertz CT molecular complexity index is 638. The zero-order chi connectivity index (χ0) is 15.6. The number of nitrogens with zero attached hydrogens (tertiary/aromatic N) is 1. The highest BCUT2D eigenvalue weighted by Gasteiger charge is 2.40. The molecule has 1 fully saturated rings. The normalized spacial score (nSPS) is 15.0. The summed E-state index contributed by atoms with van der Waals surface area (Å²) in [6.45, 7) is -0.562. The van der Waals surface area contributed by atoms with Crippen molar-refractivity contribution in [3.05, 3.63) is 18.2 Å². The molecule has 1 aliphatic rings. The van der Waals surface area contributed by atoms with Crippen molar-refractivity contribution in [2.45, 2.75) is 23.8 Å². The van der Waals surface area contributed by atoms with Crippen LogP contribution in [0.2, 0.25) is 0 Å². The Morgan fingerprint density at radius 2 is 2.00 bits per heavy atom. The van der Waals surface area contributed by atoms with E-state index in [0.717, 1.165) is 4.31 Å². The molecule has 0 radical (unpaired) electrons. The Balaban J connectivity index is 2.48. The van der Waals surface area contributed by atoms with E-state index in [9.17, 15) is 13.2 Å².